The summed E-state index contributed by atoms with van der Waals surface area (Å²) >= 11 is 7.27. The summed E-state index contributed by atoms with van der Waals surface area (Å²) in [5, 5.41) is 18.4. The van der Waals surface area contributed by atoms with Gasteiger partial charge in [0.05, 0.1) is 4.88 Å². The Morgan fingerprint density at radius 3 is 2.36 bits per heavy atom. The Morgan fingerprint density at radius 2 is 1.69 bits per heavy atom. The summed E-state index contributed by atoms with van der Waals surface area (Å²) in [7, 11) is 0. The van der Waals surface area contributed by atoms with Crippen LogP contribution in [0.4, 0.5) is 4.79 Å². The fraction of sp³-hybridized carbons (Fsp3) is 0.240. The van der Waals surface area contributed by atoms with Gasteiger partial charge in [-0.2, -0.15) is 0 Å². The minimum atomic E-state index is -1.27. The zero-order chi connectivity index (χ0) is 25.7. The van der Waals surface area contributed by atoms with E-state index in [-0.39, 0.29) is 21.8 Å². The lowest BCUT2D eigenvalue weighted by Crippen LogP contribution is -2.43. The fourth-order valence-electron chi connectivity index (χ4n) is 3.70. The van der Waals surface area contributed by atoms with Gasteiger partial charge in [-0.25, -0.2) is 14.4 Å². The van der Waals surface area contributed by atoms with E-state index >= 15 is 0 Å². The standard InChI is InChI=1S/C25H22ClNO8S/c26-20-21(33-14-19(28)29)23(24(30)31)36-22(20)15-5-4-8-18(13-15)34-17-9-11-27(12-10-17)25(32)35-16-6-2-1-3-7-16/h1-8,13,17H,9-12,14H2,(H,28,29)(H,30,31). The minimum Gasteiger partial charge on any atom is -0.490 e. The fourth-order valence-corrected chi connectivity index (χ4v) is 5.10. The molecule has 0 aliphatic carbocycles. The van der Waals surface area contributed by atoms with Crippen LogP contribution in [0.1, 0.15) is 22.5 Å². The van der Waals surface area contributed by atoms with Gasteiger partial charge in [0.1, 0.15) is 22.6 Å². The van der Waals surface area contributed by atoms with Crippen LogP contribution >= 0.6 is 22.9 Å². The SMILES string of the molecule is O=C(O)COc1c(C(=O)O)sc(-c2cccc(OC3CCN(C(=O)Oc4ccccc4)CC3)c2)c1Cl. The number of aromatic carboxylic acids is 1. The Hall–Kier alpha value is -3.76. The van der Waals surface area contributed by atoms with E-state index in [9.17, 15) is 19.5 Å². The molecule has 1 aliphatic rings. The molecule has 2 N–H and O–H groups in total. The summed E-state index contributed by atoms with van der Waals surface area (Å²) in [5.74, 6) is -1.63. The van der Waals surface area contributed by atoms with Gasteiger partial charge in [-0.1, -0.05) is 41.9 Å². The van der Waals surface area contributed by atoms with E-state index in [1.165, 1.54) is 0 Å². The first-order valence-electron chi connectivity index (χ1n) is 11.0. The van der Waals surface area contributed by atoms with Gasteiger partial charge >= 0.3 is 18.0 Å². The molecule has 3 aromatic rings. The van der Waals surface area contributed by atoms with Gasteiger partial charge in [0.15, 0.2) is 17.2 Å². The molecule has 188 valence electrons. The summed E-state index contributed by atoms with van der Waals surface area (Å²) < 4.78 is 16.7. The van der Waals surface area contributed by atoms with Crippen molar-refractivity contribution < 1.29 is 38.8 Å². The molecule has 1 aliphatic heterocycles. The number of benzene rings is 2. The molecule has 2 heterocycles. The molecule has 0 bridgehead atoms. The van der Waals surface area contributed by atoms with Gasteiger partial charge in [-0.05, 0) is 29.8 Å². The molecule has 1 saturated heterocycles. The molecule has 4 rings (SSSR count). The maximum Gasteiger partial charge on any atom is 0.415 e. The predicted octanol–water partition coefficient (Wildman–Crippen LogP) is 5.27. The Bertz CT molecular complexity index is 1250. The summed E-state index contributed by atoms with van der Waals surface area (Å²) in [5.41, 5.74) is 0.610. The van der Waals surface area contributed by atoms with Gasteiger partial charge in [0, 0.05) is 25.9 Å². The summed E-state index contributed by atoms with van der Waals surface area (Å²) in [4.78, 5) is 36.8. The molecule has 1 fully saturated rings. The molecule has 2 aromatic carbocycles. The summed E-state index contributed by atoms with van der Waals surface area (Å²) in [6.45, 7) is 0.259. The van der Waals surface area contributed by atoms with Crippen molar-refractivity contribution >= 4 is 41.0 Å². The number of hydrogen-bond acceptors (Lipinski definition) is 7. The zero-order valence-corrected chi connectivity index (χ0v) is 20.5. The number of para-hydroxylation sites is 1. The van der Waals surface area contributed by atoms with Crippen LogP contribution in [-0.2, 0) is 4.79 Å². The second kappa shape index (κ2) is 11.3. The second-order valence-corrected chi connectivity index (χ2v) is 9.30. The first-order chi connectivity index (χ1) is 17.3. The second-order valence-electron chi connectivity index (χ2n) is 7.90. The monoisotopic (exact) mass is 531 g/mol. The van der Waals surface area contributed by atoms with Gasteiger partial charge in [-0.3, -0.25) is 0 Å². The zero-order valence-electron chi connectivity index (χ0n) is 18.9. The Labute approximate surface area is 215 Å². The third-order valence-corrected chi connectivity index (χ3v) is 7.07. The quantitative estimate of drug-likeness (QED) is 0.403. The number of hydrogen-bond donors (Lipinski definition) is 2. The van der Waals surface area contributed by atoms with Crippen molar-refractivity contribution in [2.24, 2.45) is 0 Å². The third-order valence-electron chi connectivity index (χ3n) is 5.39. The van der Waals surface area contributed by atoms with E-state index in [1.807, 2.05) is 6.07 Å². The van der Waals surface area contributed by atoms with Crippen LogP contribution in [-0.4, -0.2) is 58.9 Å². The highest BCUT2D eigenvalue weighted by Crippen LogP contribution is 2.46. The average molecular weight is 532 g/mol. The number of rotatable bonds is 8. The molecule has 1 aromatic heterocycles. The van der Waals surface area contributed by atoms with Crippen molar-refractivity contribution in [1.82, 2.24) is 4.90 Å². The number of carboxylic acids is 2. The number of halogens is 1. The molecule has 0 spiro atoms. The number of aliphatic carboxylic acids is 1. The minimum absolute atomic E-state index is 0.0287. The topological polar surface area (TPSA) is 123 Å². The Balaban J connectivity index is 1.41. The average Bonchev–Trinajstić information content (AvgIpc) is 3.20. The first kappa shape index (κ1) is 25.3. The molecule has 0 saturated carbocycles. The number of nitrogens with zero attached hydrogens (tertiary/aromatic N) is 1. The highest BCUT2D eigenvalue weighted by molar-refractivity contribution is 7.18. The van der Waals surface area contributed by atoms with Crippen molar-refractivity contribution in [2.45, 2.75) is 18.9 Å². The van der Waals surface area contributed by atoms with Crippen LogP contribution in [0, 0.1) is 0 Å². The maximum absolute atomic E-state index is 12.4. The number of carbonyl (C=O) groups is 3. The number of likely N-dealkylation sites (tertiary alicyclic amines) is 1. The molecule has 0 atom stereocenters. The molecule has 0 unspecified atom stereocenters. The van der Waals surface area contributed by atoms with Crippen LogP contribution in [0.3, 0.4) is 0 Å². The summed E-state index contributed by atoms with van der Waals surface area (Å²) in [6.07, 6.45) is 0.710. The van der Waals surface area contributed by atoms with Crippen LogP contribution in [0.5, 0.6) is 17.2 Å². The highest BCUT2D eigenvalue weighted by Gasteiger charge is 2.27. The molecule has 11 heteroatoms. The molecular formula is C25H22ClNO8S. The molecule has 1 amide bonds. The van der Waals surface area contributed by atoms with Crippen LogP contribution in [0.15, 0.2) is 54.6 Å². The van der Waals surface area contributed by atoms with E-state index in [0.29, 0.717) is 47.9 Å². The third kappa shape index (κ3) is 6.07. The van der Waals surface area contributed by atoms with Crippen LogP contribution in [0.25, 0.3) is 10.4 Å². The summed E-state index contributed by atoms with van der Waals surface area (Å²) in [6, 6.07) is 15.9. The number of thiophene rings is 1. The predicted molar refractivity (Wildman–Crippen MR) is 133 cm³/mol. The van der Waals surface area contributed by atoms with Gasteiger partial charge < -0.3 is 29.3 Å². The van der Waals surface area contributed by atoms with Crippen LogP contribution < -0.4 is 14.2 Å². The number of ether oxygens (including phenoxy) is 3. The van der Waals surface area contributed by atoms with Crippen molar-refractivity contribution in [3.05, 3.63) is 64.5 Å². The van der Waals surface area contributed by atoms with E-state index < -0.39 is 24.6 Å². The lowest BCUT2D eigenvalue weighted by molar-refractivity contribution is -0.139. The largest absolute Gasteiger partial charge is 0.490 e. The molecular weight excluding hydrogens is 510 g/mol. The van der Waals surface area contributed by atoms with Crippen molar-refractivity contribution in [1.29, 1.82) is 0 Å². The molecule has 9 nitrogen and oxygen atoms in total. The Morgan fingerprint density at radius 1 is 1.00 bits per heavy atom. The lowest BCUT2D eigenvalue weighted by Gasteiger charge is -2.31. The maximum atomic E-state index is 12.4. The number of carboxylic acid groups (broad SMARTS) is 2. The molecule has 36 heavy (non-hydrogen) atoms. The van der Waals surface area contributed by atoms with E-state index in [1.54, 1.807) is 53.4 Å². The smallest absolute Gasteiger partial charge is 0.415 e. The Kier molecular flexibility index (Phi) is 7.97. The van der Waals surface area contributed by atoms with Gasteiger partial charge in [-0.15, -0.1) is 11.3 Å². The van der Waals surface area contributed by atoms with Crippen LogP contribution in [0.2, 0.25) is 5.02 Å². The van der Waals surface area contributed by atoms with Crippen molar-refractivity contribution in [3.63, 3.8) is 0 Å². The van der Waals surface area contributed by atoms with Crippen molar-refractivity contribution in [2.75, 3.05) is 19.7 Å². The van der Waals surface area contributed by atoms with E-state index in [2.05, 4.69) is 0 Å². The number of amides is 1. The number of piperidine rings is 1. The van der Waals surface area contributed by atoms with E-state index in [0.717, 1.165) is 11.3 Å². The lowest BCUT2D eigenvalue weighted by atomic mass is 10.1. The van der Waals surface area contributed by atoms with Gasteiger partial charge in [0.2, 0.25) is 0 Å². The van der Waals surface area contributed by atoms with Crippen molar-refractivity contribution in [3.8, 4) is 27.7 Å². The van der Waals surface area contributed by atoms with Gasteiger partial charge in [0.25, 0.3) is 0 Å². The highest BCUT2D eigenvalue weighted by atomic mass is 35.5. The normalized spacial score (nSPS) is 13.8. The number of carbonyl (C=O) groups excluding carboxylic acids is 1. The van der Waals surface area contributed by atoms with E-state index in [4.69, 9.17) is 30.9 Å². The molecule has 0 radical (unpaired) electrons. The first-order valence-corrected chi connectivity index (χ1v) is 12.2.